The first-order valence-electron chi connectivity index (χ1n) is 7.60. The maximum atomic E-state index is 3.40. The number of nitrogens with zero attached hydrogens (tertiary/aromatic N) is 1. The molecule has 2 rings (SSSR count). The van der Waals surface area contributed by atoms with Gasteiger partial charge in [-0.1, -0.05) is 38.2 Å². The van der Waals surface area contributed by atoms with Crippen molar-refractivity contribution in [1.82, 2.24) is 4.90 Å². The monoisotopic (exact) mass is 245 g/mol. The summed E-state index contributed by atoms with van der Waals surface area (Å²) < 4.78 is 0. The van der Waals surface area contributed by atoms with E-state index in [1.54, 1.807) is 0 Å². The molecule has 1 heteroatoms. The first-order chi connectivity index (χ1) is 8.68. The second-order valence-electron chi connectivity index (χ2n) is 6.16. The van der Waals surface area contributed by atoms with Crippen molar-refractivity contribution in [2.45, 2.75) is 52.5 Å². The lowest BCUT2D eigenvalue weighted by atomic mass is 9.82. The lowest BCUT2D eigenvalue weighted by molar-refractivity contribution is 0.124. The molecule has 0 bridgehead atoms. The summed E-state index contributed by atoms with van der Waals surface area (Å²) in [7, 11) is 0. The molecule has 0 aromatic rings. The topological polar surface area (TPSA) is 3.24 Å². The maximum Gasteiger partial charge on any atom is 0.0269 e. The van der Waals surface area contributed by atoms with E-state index in [4.69, 9.17) is 0 Å². The van der Waals surface area contributed by atoms with Crippen LogP contribution in [0.2, 0.25) is 0 Å². The highest BCUT2D eigenvalue weighted by molar-refractivity contribution is 5.24. The van der Waals surface area contributed by atoms with Gasteiger partial charge in [0, 0.05) is 12.0 Å². The van der Waals surface area contributed by atoms with Gasteiger partial charge < -0.3 is 4.90 Å². The van der Waals surface area contributed by atoms with Crippen molar-refractivity contribution in [2.75, 3.05) is 13.1 Å². The number of rotatable bonds is 4. The molecule has 1 aliphatic carbocycles. The van der Waals surface area contributed by atoms with Crippen LogP contribution >= 0.6 is 0 Å². The van der Waals surface area contributed by atoms with Crippen molar-refractivity contribution >= 4 is 0 Å². The third-order valence-electron chi connectivity index (χ3n) is 4.80. The predicted octanol–water partition coefficient (Wildman–Crippen LogP) is 3.71. The average molecular weight is 245 g/mol. The molecule has 0 amide bonds. The fourth-order valence-corrected chi connectivity index (χ4v) is 3.18. The van der Waals surface area contributed by atoms with Crippen molar-refractivity contribution in [1.29, 1.82) is 0 Å². The third-order valence-corrected chi connectivity index (χ3v) is 4.80. The molecule has 0 aromatic heterocycles. The van der Waals surface area contributed by atoms with E-state index in [2.05, 4.69) is 43.6 Å². The summed E-state index contributed by atoms with van der Waals surface area (Å²) in [4.78, 5) is 2.69. The largest absolute Gasteiger partial charge is 0.300 e. The number of piperidine rings is 1. The van der Waals surface area contributed by atoms with Crippen LogP contribution in [0, 0.1) is 29.6 Å². The van der Waals surface area contributed by atoms with E-state index in [0.717, 1.165) is 5.92 Å². The van der Waals surface area contributed by atoms with E-state index in [0.29, 0.717) is 17.9 Å². The Labute approximate surface area is 113 Å². The van der Waals surface area contributed by atoms with Crippen LogP contribution in [0.1, 0.15) is 46.5 Å². The van der Waals surface area contributed by atoms with Crippen molar-refractivity contribution in [3.05, 3.63) is 12.2 Å². The minimum atomic E-state index is 0.567. The van der Waals surface area contributed by atoms with Gasteiger partial charge in [0.25, 0.3) is 0 Å². The number of likely N-dealkylation sites (tertiary alicyclic amines) is 1. The SMILES string of the molecule is CC1C=CC#CC1CC(C)C(C)N1CCCCC1. The Hall–Kier alpha value is -0.740. The minimum absolute atomic E-state index is 0.567. The van der Waals surface area contributed by atoms with Gasteiger partial charge in [-0.2, -0.15) is 0 Å². The first kappa shape index (κ1) is 13.7. The lowest BCUT2D eigenvalue weighted by Gasteiger charge is -2.37. The van der Waals surface area contributed by atoms with E-state index in [1.807, 2.05) is 6.08 Å². The number of hydrogen-bond acceptors (Lipinski definition) is 1. The van der Waals surface area contributed by atoms with Crippen LogP contribution in [-0.2, 0) is 0 Å². The van der Waals surface area contributed by atoms with E-state index in [1.165, 1.54) is 38.8 Å². The molecule has 0 spiro atoms. The smallest absolute Gasteiger partial charge is 0.0269 e. The molecule has 1 saturated heterocycles. The first-order valence-corrected chi connectivity index (χ1v) is 7.60. The number of allylic oxidation sites excluding steroid dienone is 2. The molecule has 2 aliphatic rings. The Morgan fingerprint density at radius 2 is 1.94 bits per heavy atom. The normalized spacial score (nSPS) is 31.5. The Kier molecular flexibility index (Phi) is 4.89. The zero-order chi connectivity index (χ0) is 13.0. The molecule has 18 heavy (non-hydrogen) atoms. The third kappa shape index (κ3) is 3.39. The van der Waals surface area contributed by atoms with Crippen LogP contribution in [0.25, 0.3) is 0 Å². The van der Waals surface area contributed by atoms with Crippen LogP contribution in [0.3, 0.4) is 0 Å². The molecule has 0 saturated carbocycles. The Balaban J connectivity index is 1.86. The van der Waals surface area contributed by atoms with Crippen LogP contribution in [0.4, 0.5) is 0 Å². The summed E-state index contributed by atoms with van der Waals surface area (Å²) in [6.07, 6.45) is 9.72. The standard InChI is InChI=1S/C17H27N/c1-14-9-5-6-10-17(14)13-15(2)16(3)18-11-7-4-8-12-18/h5,9,14-17H,4,7-8,11-13H2,1-3H3. The summed E-state index contributed by atoms with van der Waals surface area (Å²) >= 11 is 0. The predicted molar refractivity (Wildman–Crippen MR) is 78.2 cm³/mol. The molecule has 1 nitrogen and oxygen atoms in total. The minimum Gasteiger partial charge on any atom is -0.300 e. The second-order valence-corrected chi connectivity index (χ2v) is 6.16. The van der Waals surface area contributed by atoms with Crippen LogP contribution in [0.5, 0.6) is 0 Å². The summed E-state index contributed by atoms with van der Waals surface area (Å²) in [5.41, 5.74) is 0. The number of hydrogen-bond donors (Lipinski definition) is 0. The zero-order valence-corrected chi connectivity index (χ0v) is 12.2. The van der Waals surface area contributed by atoms with Gasteiger partial charge in [0.15, 0.2) is 0 Å². The molecule has 1 aliphatic heterocycles. The van der Waals surface area contributed by atoms with Crippen LogP contribution in [0.15, 0.2) is 12.2 Å². The Bertz CT molecular complexity index is 340. The highest BCUT2D eigenvalue weighted by Crippen LogP contribution is 2.27. The molecule has 1 heterocycles. The van der Waals surface area contributed by atoms with E-state index in [-0.39, 0.29) is 0 Å². The summed E-state index contributed by atoms with van der Waals surface area (Å²) in [6.45, 7) is 9.72. The van der Waals surface area contributed by atoms with Gasteiger partial charge in [-0.15, -0.1) is 0 Å². The fourth-order valence-electron chi connectivity index (χ4n) is 3.18. The van der Waals surface area contributed by atoms with Gasteiger partial charge in [-0.05, 0) is 57.2 Å². The summed E-state index contributed by atoms with van der Waals surface area (Å²) in [5.74, 6) is 8.49. The highest BCUT2D eigenvalue weighted by atomic mass is 15.2. The van der Waals surface area contributed by atoms with Gasteiger partial charge in [-0.25, -0.2) is 0 Å². The molecule has 1 fully saturated rings. The molecule has 100 valence electrons. The van der Waals surface area contributed by atoms with Crippen molar-refractivity contribution in [3.63, 3.8) is 0 Å². The van der Waals surface area contributed by atoms with Gasteiger partial charge in [-0.3, -0.25) is 0 Å². The fraction of sp³-hybridized carbons (Fsp3) is 0.765. The van der Waals surface area contributed by atoms with Crippen molar-refractivity contribution in [2.24, 2.45) is 17.8 Å². The maximum absolute atomic E-state index is 3.40. The van der Waals surface area contributed by atoms with Gasteiger partial charge in [0.2, 0.25) is 0 Å². The Morgan fingerprint density at radius 3 is 2.61 bits per heavy atom. The van der Waals surface area contributed by atoms with E-state index in [9.17, 15) is 0 Å². The molecule has 0 radical (unpaired) electrons. The van der Waals surface area contributed by atoms with Crippen LogP contribution in [-0.4, -0.2) is 24.0 Å². The lowest BCUT2D eigenvalue weighted by Crippen LogP contribution is -2.41. The van der Waals surface area contributed by atoms with Gasteiger partial charge in [0.05, 0.1) is 0 Å². The van der Waals surface area contributed by atoms with E-state index < -0.39 is 0 Å². The quantitative estimate of drug-likeness (QED) is 0.682. The molecule has 4 unspecified atom stereocenters. The van der Waals surface area contributed by atoms with Gasteiger partial charge >= 0.3 is 0 Å². The molecule has 0 aromatic carbocycles. The van der Waals surface area contributed by atoms with Crippen LogP contribution < -0.4 is 0 Å². The molecule has 4 atom stereocenters. The molecular weight excluding hydrogens is 218 g/mol. The summed E-state index contributed by atoms with van der Waals surface area (Å²) in [5, 5.41) is 0. The zero-order valence-electron chi connectivity index (χ0n) is 12.2. The molecular formula is C17H27N. The van der Waals surface area contributed by atoms with E-state index >= 15 is 0 Å². The van der Waals surface area contributed by atoms with Gasteiger partial charge in [0.1, 0.15) is 0 Å². The molecule has 0 N–H and O–H groups in total. The average Bonchev–Trinajstić information content (AvgIpc) is 2.41. The van der Waals surface area contributed by atoms with Crippen molar-refractivity contribution < 1.29 is 0 Å². The second kappa shape index (κ2) is 6.43. The van der Waals surface area contributed by atoms with Crippen molar-refractivity contribution in [3.8, 4) is 11.8 Å². The highest BCUT2D eigenvalue weighted by Gasteiger charge is 2.25. The summed E-state index contributed by atoms with van der Waals surface area (Å²) in [6, 6.07) is 0.713. The Morgan fingerprint density at radius 1 is 1.22 bits per heavy atom.